The lowest BCUT2D eigenvalue weighted by atomic mass is 10.0. The summed E-state index contributed by atoms with van der Waals surface area (Å²) in [5.41, 5.74) is 0.627. The number of hydrogen-bond donors (Lipinski definition) is 3. The summed E-state index contributed by atoms with van der Waals surface area (Å²) in [6.45, 7) is 1.57. The van der Waals surface area contributed by atoms with E-state index in [1.807, 2.05) is 0 Å². The molecule has 2 rings (SSSR count). The van der Waals surface area contributed by atoms with E-state index in [4.69, 9.17) is 9.47 Å². The summed E-state index contributed by atoms with van der Waals surface area (Å²) < 4.78 is 11.1. The van der Waals surface area contributed by atoms with Crippen molar-refractivity contribution in [2.45, 2.75) is 18.6 Å². The SMILES string of the molecule is CNCC(O)C(O)c1ccc2c(c1)OCCCO2. The molecule has 1 aromatic rings. The Balaban J connectivity index is 2.17. The van der Waals surface area contributed by atoms with Gasteiger partial charge >= 0.3 is 0 Å². The van der Waals surface area contributed by atoms with Crippen LogP contribution in [0.4, 0.5) is 0 Å². The molecule has 0 saturated heterocycles. The van der Waals surface area contributed by atoms with Gasteiger partial charge < -0.3 is 25.0 Å². The first-order chi connectivity index (χ1) is 8.72. The lowest BCUT2D eigenvalue weighted by Gasteiger charge is -2.19. The first-order valence-electron chi connectivity index (χ1n) is 6.12. The van der Waals surface area contributed by atoms with E-state index >= 15 is 0 Å². The first kappa shape index (κ1) is 13.1. The minimum absolute atomic E-state index is 0.329. The number of aliphatic hydroxyl groups excluding tert-OH is 2. The normalized spacial score (nSPS) is 17.9. The molecule has 100 valence electrons. The average Bonchev–Trinajstić information content (AvgIpc) is 2.62. The molecule has 1 aromatic carbocycles. The number of benzene rings is 1. The zero-order chi connectivity index (χ0) is 13.0. The van der Waals surface area contributed by atoms with Gasteiger partial charge in [0, 0.05) is 13.0 Å². The molecule has 5 heteroatoms. The number of hydrogen-bond acceptors (Lipinski definition) is 5. The molecular formula is C13H19NO4. The van der Waals surface area contributed by atoms with Gasteiger partial charge in [0.2, 0.25) is 0 Å². The van der Waals surface area contributed by atoms with E-state index in [9.17, 15) is 10.2 Å². The molecule has 0 fully saturated rings. The highest BCUT2D eigenvalue weighted by molar-refractivity contribution is 5.44. The zero-order valence-corrected chi connectivity index (χ0v) is 10.4. The summed E-state index contributed by atoms with van der Waals surface area (Å²) in [5.74, 6) is 1.31. The average molecular weight is 253 g/mol. The second-order valence-corrected chi connectivity index (χ2v) is 4.33. The third kappa shape index (κ3) is 2.93. The molecule has 0 bridgehead atoms. The third-order valence-corrected chi connectivity index (χ3v) is 2.89. The molecule has 0 aliphatic carbocycles. The highest BCUT2D eigenvalue weighted by Crippen LogP contribution is 2.32. The highest BCUT2D eigenvalue weighted by atomic mass is 16.5. The monoisotopic (exact) mass is 253 g/mol. The number of ether oxygens (including phenoxy) is 2. The van der Waals surface area contributed by atoms with Crippen molar-refractivity contribution in [2.24, 2.45) is 0 Å². The minimum Gasteiger partial charge on any atom is -0.490 e. The Labute approximate surface area is 106 Å². The Bertz CT molecular complexity index is 397. The van der Waals surface area contributed by atoms with Crippen LogP contribution in [0.2, 0.25) is 0 Å². The van der Waals surface area contributed by atoms with E-state index in [2.05, 4.69) is 5.32 Å². The van der Waals surface area contributed by atoms with E-state index in [-0.39, 0.29) is 0 Å². The molecule has 1 aliphatic rings. The molecule has 2 unspecified atom stereocenters. The molecule has 1 heterocycles. The van der Waals surface area contributed by atoms with E-state index in [0.29, 0.717) is 36.8 Å². The largest absolute Gasteiger partial charge is 0.490 e. The molecule has 5 nitrogen and oxygen atoms in total. The fraction of sp³-hybridized carbons (Fsp3) is 0.538. The number of likely N-dealkylation sites (N-methyl/N-ethyl adjacent to an activating group) is 1. The summed E-state index contributed by atoms with van der Waals surface area (Å²) in [5, 5.41) is 22.6. The molecular weight excluding hydrogens is 234 g/mol. The lowest BCUT2D eigenvalue weighted by Crippen LogP contribution is -2.29. The van der Waals surface area contributed by atoms with Crippen molar-refractivity contribution in [3.05, 3.63) is 23.8 Å². The van der Waals surface area contributed by atoms with Crippen molar-refractivity contribution in [3.63, 3.8) is 0 Å². The molecule has 0 spiro atoms. The second kappa shape index (κ2) is 6.04. The van der Waals surface area contributed by atoms with Crippen molar-refractivity contribution in [1.82, 2.24) is 5.32 Å². The smallest absolute Gasteiger partial charge is 0.161 e. The summed E-state index contributed by atoms with van der Waals surface area (Å²) in [7, 11) is 1.73. The minimum atomic E-state index is -0.936. The van der Waals surface area contributed by atoms with E-state index in [1.54, 1.807) is 25.2 Å². The Morgan fingerprint density at radius 3 is 2.67 bits per heavy atom. The summed E-state index contributed by atoms with van der Waals surface area (Å²) in [4.78, 5) is 0. The van der Waals surface area contributed by atoms with Crippen molar-refractivity contribution in [3.8, 4) is 11.5 Å². The fourth-order valence-corrected chi connectivity index (χ4v) is 1.91. The molecule has 0 saturated carbocycles. The molecule has 0 radical (unpaired) electrons. The number of fused-ring (bicyclic) bond motifs is 1. The first-order valence-corrected chi connectivity index (χ1v) is 6.12. The van der Waals surface area contributed by atoms with Gasteiger partial charge in [0.05, 0.1) is 19.3 Å². The van der Waals surface area contributed by atoms with Gasteiger partial charge in [-0.15, -0.1) is 0 Å². The van der Waals surface area contributed by atoms with Gasteiger partial charge in [-0.05, 0) is 24.7 Å². The maximum absolute atomic E-state index is 10.0. The van der Waals surface area contributed by atoms with Gasteiger partial charge in [0.1, 0.15) is 6.10 Å². The number of rotatable bonds is 4. The van der Waals surface area contributed by atoms with Gasteiger partial charge in [-0.25, -0.2) is 0 Å². The Hall–Kier alpha value is -1.30. The lowest BCUT2D eigenvalue weighted by molar-refractivity contribution is 0.0201. The van der Waals surface area contributed by atoms with Crippen LogP contribution in [0.1, 0.15) is 18.1 Å². The Morgan fingerprint density at radius 2 is 1.94 bits per heavy atom. The van der Waals surface area contributed by atoms with Gasteiger partial charge in [-0.3, -0.25) is 0 Å². The molecule has 3 N–H and O–H groups in total. The number of nitrogens with one attached hydrogen (secondary N) is 1. The molecule has 0 amide bonds. The van der Waals surface area contributed by atoms with Crippen molar-refractivity contribution < 1.29 is 19.7 Å². The topological polar surface area (TPSA) is 71.0 Å². The van der Waals surface area contributed by atoms with Crippen LogP contribution in [0.5, 0.6) is 11.5 Å². The van der Waals surface area contributed by atoms with Crippen LogP contribution in [0.15, 0.2) is 18.2 Å². The van der Waals surface area contributed by atoms with Gasteiger partial charge in [-0.1, -0.05) is 6.07 Å². The van der Waals surface area contributed by atoms with Crippen LogP contribution < -0.4 is 14.8 Å². The van der Waals surface area contributed by atoms with Crippen LogP contribution in [0, 0.1) is 0 Å². The quantitative estimate of drug-likeness (QED) is 0.727. The van der Waals surface area contributed by atoms with Crippen LogP contribution >= 0.6 is 0 Å². The van der Waals surface area contributed by atoms with Crippen LogP contribution in [-0.2, 0) is 0 Å². The maximum Gasteiger partial charge on any atom is 0.161 e. The summed E-state index contributed by atoms with van der Waals surface area (Å²) in [6, 6.07) is 5.24. The van der Waals surface area contributed by atoms with E-state index in [0.717, 1.165) is 6.42 Å². The van der Waals surface area contributed by atoms with Crippen LogP contribution in [0.3, 0.4) is 0 Å². The van der Waals surface area contributed by atoms with Crippen LogP contribution in [0.25, 0.3) is 0 Å². The highest BCUT2D eigenvalue weighted by Gasteiger charge is 2.20. The van der Waals surface area contributed by atoms with Crippen molar-refractivity contribution in [2.75, 3.05) is 26.8 Å². The van der Waals surface area contributed by atoms with Crippen LogP contribution in [-0.4, -0.2) is 43.1 Å². The van der Waals surface area contributed by atoms with E-state index < -0.39 is 12.2 Å². The summed E-state index contributed by atoms with van der Waals surface area (Å²) >= 11 is 0. The molecule has 1 aliphatic heterocycles. The number of aliphatic hydroxyl groups is 2. The van der Waals surface area contributed by atoms with Crippen molar-refractivity contribution in [1.29, 1.82) is 0 Å². The standard InChI is InChI=1S/C13H19NO4/c1-14-8-10(15)13(16)9-3-4-11-12(7-9)18-6-2-5-17-11/h3-4,7,10,13-16H,2,5-6,8H2,1H3. The zero-order valence-electron chi connectivity index (χ0n) is 10.4. The van der Waals surface area contributed by atoms with Gasteiger partial charge in [-0.2, -0.15) is 0 Å². The maximum atomic E-state index is 10.0. The predicted molar refractivity (Wildman–Crippen MR) is 66.9 cm³/mol. The van der Waals surface area contributed by atoms with Gasteiger partial charge in [0.25, 0.3) is 0 Å². The molecule has 18 heavy (non-hydrogen) atoms. The summed E-state index contributed by atoms with van der Waals surface area (Å²) in [6.07, 6.45) is -0.941. The Morgan fingerprint density at radius 1 is 1.22 bits per heavy atom. The predicted octanol–water partition coefficient (Wildman–Crippen LogP) is 0.462. The van der Waals surface area contributed by atoms with E-state index in [1.165, 1.54) is 0 Å². The fourth-order valence-electron chi connectivity index (χ4n) is 1.91. The third-order valence-electron chi connectivity index (χ3n) is 2.89. The van der Waals surface area contributed by atoms with Crippen molar-refractivity contribution >= 4 is 0 Å². The molecule has 0 aromatic heterocycles. The second-order valence-electron chi connectivity index (χ2n) is 4.33. The van der Waals surface area contributed by atoms with Gasteiger partial charge in [0.15, 0.2) is 11.5 Å². The molecule has 2 atom stereocenters. The Kier molecular flexibility index (Phi) is 4.41.